The van der Waals surface area contributed by atoms with Crippen molar-refractivity contribution in [1.82, 2.24) is 18.7 Å². The van der Waals surface area contributed by atoms with Crippen molar-refractivity contribution in [3.8, 4) is 0 Å². The van der Waals surface area contributed by atoms with Crippen molar-refractivity contribution in [2.24, 2.45) is 21.1 Å². The molecule has 0 amide bonds. The Morgan fingerprint density at radius 1 is 1.00 bits per heavy atom. The summed E-state index contributed by atoms with van der Waals surface area (Å²) in [6, 6.07) is 0. The molecule has 0 fully saturated rings. The summed E-state index contributed by atoms with van der Waals surface area (Å²) in [5, 5.41) is 0. The highest BCUT2D eigenvalue weighted by Crippen LogP contribution is 2.11. The Morgan fingerprint density at radius 2 is 1.73 bits per heavy atom. The van der Waals surface area contributed by atoms with Crippen molar-refractivity contribution in [1.29, 1.82) is 0 Å². The molecule has 0 bridgehead atoms. The predicted molar refractivity (Wildman–Crippen MR) is 89.0 cm³/mol. The fourth-order valence-corrected chi connectivity index (χ4v) is 2.56. The normalized spacial score (nSPS) is 11.8. The molecule has 0 aliphatic carbocycles. The van der Waals surface area contributed by atoms with E-state index in [1.807, 2.05) is 6.08 Å². The van der Waals surface area contributed by atoms with E-state index in [1.165, 1.54) is 30.9 Å². The first-order chi connectivity index (χ1) is 10.5. The summed E-state index contributed by atoms with van der Waals surface area (Å²) in [6.45, 7) is 2.19. The van der Waals surface area contributed by atoms with Crippen LogP contribution in [0.5, 0.6) is 0 Å². The number of hydrogen-bond donors (Lipinski definition) is 0. The Labute approximate surface area is 129 Å². The van der Waals surface area contributed by atoms with Gasteiger partial charge in [-0.1, -0.05) is 32.3 Å². The Bertz CT molecular complexity index is 808. The molecule has 6 heteroatoms. The maximum atomic E-state index is 12.2. The van der Waals surface area contributed by atoms with Gasteiger partial charge in [-0.05, 0) is 18.9 Å². The average molecular weight is 304 g/mol. The second kappa shape index (κ2) is 6.77. The standard InChI is InChI=1S/C16H24N4O2/c1-5-6-7-8-9-10-11-12-17-14-13(18(12)2)15(21)20(4)16(22)19(14)3/h10-11H,5-9H2,1-4H3/b11-10+. The SMILES string of the molecule is CCCCCC/C=C/c1nc2c(c(=O)n(C)c(=O)n2C)n1C. The van der Waals surface area contributed by atoms with Crippen LogP contribution in [0, 0.1) is 0 Å². The molecule has 120 valence electrons. The van der Waals surface area contributed by atoms with E-state index in [0.29, 0.717) is 17.0 Å². The molecule has 0 aromatic carbocycles. The van der Waals surface area contributed by atoms with Gasteiger partial charge in [-0.3, -0.25) is 13.9 Å². The Morgan fingerprint density at radius 3 is 2.41 bits per heavy atom. The van der Waals surface area contributed by atoms with Crippen LogP contribution < -0.4 is 11.2 Å². The van der Waals surface area contributed by atoms with E-state index >= 15 is 0 Å². The third kappa shape index (κ3) is 2.91. The second-order valence-electron chi connectivity index (χ2n) is 5.66. The highest BCUT2D eigenvalue weighted by molar-refractivity contribution is 5.73. The van der Waals surface area contributed by atoms with E-state index in [4.69, 9.17) is 0 Å². The maximum Gasteiger partial charge on any atom is 0.332 e. The topological polar surface area (TPSA) is 61.8 Å². The molecule has 0 saturated heterocycles. The molecule has 0 aliphatic rings. The molecule has 0 aliphatic heterocycles. The number of fused-ring (bicyclic) bond motifs is 1. The van der Waals surface area contributed by atoms with E-state index in [2.05, 4.69) is 18.0 Å². The van der Waals surface area contributed by atoms with E-state index in [0.717, 1.165) is 17.4 Å². The third-order valence-electron chi connectivity index (χ3n) is 4.00. The molecule has 0 unspecified atom stereocenters. The van der Waals surface area contributed by atoms with Gasteiger partial charge in [0.15, 0.2) is 11.2 Å². The van der Waals surface area contributed by atoms with Crippen molar-refractivity contribution in [2.45, 2.75) is 39.0 Å². The molecular weight excluding hydrogens is 280 g/mol. The number of unbranched alkanes of at least 4 members (excludes halogenated alkanes) is 4. The first-order valence-corrected chi connectivity index (χ1v) is 7.78. The molecule has 2 heterocycles. The maximum absolute atomic E-state index is 12.2. The number of allylic oxidation sites excluding steroid dienone is 1. The predicted octanol–water partition coefficient (Wildman–Crippen LogP) is 1.95. The summed E-state index contributed by atoms with van der Waals surface area (Å²) >= 11 is 0. The van der Waals surface area contributed by atoms with Gasteiger partial charge in [0.2, 0.25) is 0 Å². The molecule has 2 aromatic heterocycles. The zero-order chi connectivity index (χ0) is 16.3. The minimum atomic E-state index is -0.356. The van der Waals surface area contributed by atoms with Crippen molar-refractivity contribution < 1.29 is 0 Å². The van der Waals surface area contributed by atoms with Crippen molar-refractivity contribution in [2.75, 3.05) is 0 Å². The van der Waals surface area contributed by atoms with Crippen molar-refractivity contribution in [3.05, 3.63) is 32.7 Å². The lowest BCUT2D eigenvalue weighted by atomic mass is 10.1. The van der Waals surface area contributed by atoms with Crippen LogP contribution >= 0.6 is 0 Å². The molecular formula is C16H24N4O2. The summed E-state index contributed by atoms with van der Waals surface area (Å²) in [5.41, 5.74) is 0.220. The van der Waals surface area contributed by atoms with Crippen LogP contribution in [-0.2, 0) is 21.1 Å². The molecule has 0 N–H and O–H groups in total. The molecule has 0 saturated carbocycles. The first-order valence-electron chi connectivity index (χ1n) is 7.78. The molecule has 0 atom stereocenters. The average Bonchev–Trinajstić information content (AvgIpc) is 2.84. The van der Waals surface area contributed by atoms with Crippen LogP contribution in [0.3, 0.4) is 0 Å². The van der Waals surface area contributed by atoms with Gasteiger partial charge in [-0.25, -0.2) is 9.78 Å². The highest BCUT2D eigenvalue weighted by Gasteiger charge is 2.15. The lowest BCUT2D eigenvalue weighted by molar-refractivity contribution is 0.675. The molecule has 22 heavy (non-hydrogen) atoms. The largest absolute Gasteiger partial charge is 0.332 e. The molecule has 0 spiro atoms. The summed E-state index contributed by atoms with van der Waals surface area (Å²) in [5.74, 6) is 0.698. The van der Waals surface area contributed by atoms with Crippen LogP contribution in [0.1, 0.15) is 44.9 Å². The third-order valence-corrected chi connectivity index (χ3v) is 4.00. The van der Waals surface area contributed by atoms with Gasteiger partial charge in [-0.15, -0.1) is 0 Å². The van der Waals surface area contributed by atoms with Crippen LogP contribution in [0.15, 0.2) is 15.7 Å². The molecule has 2 aromatic rings. The molecule has 6 nitrogen and oxygen atoms in total. The summed E-state index contributed by atoms with van der Waals surface area (Å²) < 4.78 is 4.28. The van der Waals surface area contributed by atoms with Gasteiger partial charge in [0, 0.05) is 21.1 Å². The lowest BCUT2D eigenvalue weighted by Crippen LogP contribution is -2.37. The minimum Gasteiger partial charge on any atom is -0.322 e. The van der Waals surface area contributed by atoms with Gasteiger partial charge in [0.05, 0.1) is 0 Å². The number of aryl methyl sites for hydroxylation is 2. The van der Waals surface area contributed by atoms with Gasteiger partial charge in [-0.2, -0.15) is 0 Å². The summed E-state index contributed by atoms with van der Waals surface area (Å²) in [7, 11) is 4.92. The van der Waals surface area contributed by atoms with Crippen LogP contribution in [0.4, 0.5) is 0 Å². The van der Waals surface area contributed by atoms with Gasteiger partial charge in [0.25, 0.3) is 5.56 Å². The van der Waals surface area contributed by atoms with Crippen LogP contribution in [-0.4, -0.2) is 18.7 Å². The second-order valence-corrected chi connectivity index (χ2v) is 5.66. The van der Waals surface area contributed by atoms with Crippen molar-refractivity contribution >= 4 is 17.2 Å². The summed E-state index contributed by atoms with van der Waals surface area (Å²) in [6.07, 6.45) is 9.90. The number of aromatic nitrogens is 4. The van der Waals surface area contributed by atoms with Gasteiger partial charge >= 0.3 is 5.69 Å². The van der Waals surface area contributed by atoms with E-state index in [-0.39, 0.29) is 11.2 Å². The monoisotopic (exact) mass is 304 g/mol. The Balaban J connectivity index is 2.34. The summed E-state index contributed by atoms with van der Waals surface area (Å²) in [4.78, 5) is 28.6. The Kier molecular flexibility index (Phi) is 5.00. The Hall–Kier alpha value is -2.11. The van der Waals surface area contributed by atoms with E-state index in [9.17, 15) is 9.59 Å². The zero-order valence-corrected chi connectivity index (χ0v) is 13.8. The number of rotatable bonds is 6. The molecule has 2 rings (SSSR count). The molecule has 0 radical (unpaired) electrons. The fraction of sp³-hybridized carbons (Fsp3) is 0.562. The van der Waals surface area contributed by atoms with E-state index in [1.54, 1.807) is 18.7 Å². The minimum absolute atomic E-state index is 0.310. The first kappa shape index (κ1) is 16.3. The van der Waals surface area contributed by atoms with Crippen molar-refractivity contribution in [3.63, 3.8) is 0 Å². The lowest BCUT2D eigenvalue weighted by Gasteiger charge is -2.03. The number of hydrogen-bond acceptors (Lipinski definition) is 3. The quantitative estimate of drug-likeness (QED) is 0.766. The number of imidazole rings is 1. The van der Waals surface area contributed by atoms with Crippen LogP contribution in [0.2, 0.25) is 0 Å². The highest BCUT2D eigenvalue weighted by atomic mass is 16.2. The van der Waals surface area contributed by atoms with E-state index < -0.39 is 0 Å². The fourth-order valence-electron chi connectivity index (χ4n) is 2.56. The van der Waals surface area contributed by atoms with Crippen LogP contribution in [0.25, 0.3) is 17.2 Å². The zero-order valence-electron chi connectivity index (χ0n) is 13.8. The number of nitrogens with zero attached hydrogens (tertiary/aromatic N) is 4. The van der Waals surface area contributed by atoms with Gasteiger partial charge in [0.1, 0.15) is 5.82 Å². The smallest absolute Gasteiger partial charge is 0.322 e. The van der Waals surface area contributed by atoms with Gasteiger partial charge < -0.3 is 4.57 Å².